The van der Waals surface area contributed by atoms with Crippen LogP contribution in [0.25, 0.3) is 22.3 Å². The van der Waals surface area contributed by atoms with Gasteiger partial charge in [0.05, 0.1) is 17.9 Å². The van der Waals surface area contributed by atoms with E-state index in [9.17, 15) is 8.78 Å². The normalized spacial score (nSPS) is 15.6. The molecule has 9 heteroatoms. The smallest absolute Gasteiger partial charge is 0.156 e. The van der Waals surface area contributed by atoms with E-state index in [1.807, 2.05) is 30.2 Å². The molecule has 0 N–H and O–H groups in total. The molecule has 1 fully saturated rings. The van der Waals surface area contributed by atoms with Crippen LogP contribution >= 0.6 is 0 Å². The van der Waals surface area contributed by atoms with E-state index in [4.69, 9.17) is 15.0 Å². The third-order valence-corrected chi connectivity index (χ3v) is 7.33. The molecule has 1 aromatic carbocycles. The molecule has 0 radical (unpaired) electrons. The molecule has 1 saturated heterocycles. The average Bonchev–Trinajstić information content (AvgIpc) is 3.38. The Labute approximate surface area is 216 Å². The Morgan fingerprint density at radius 3 is 2.41 bits per heavy atom. The van der Waals surface area contributed by atoms with Gasteiger partial charge in [-0.05, 0) is 25.0 Å². The maximum absolute atomic E-state index is 14.2. The first-order chi connectivity index (χ1) is 17.8. The highest BCUT2D eigenvalue weighted by atomic mass is 19.1. The zero-order valence-corrected chi connectivity index (χ0v) is 21.8. The number of benzene rings is 1. The van der Waals surface area contributed by atoms with E-state index in [1.54, 1.807) is 0 Å². The second kappa shape index (κ2) is 10.5. The lowest BCUT2D eigenvalue weighted by molar-refractivity contribution is 0.246. The number of piperazine rings is 1. The largest absolute Gasteiger partial charge is 0.352 e. The monoisotopic (exact) mass is 505 g/mol. The van der Waals surface area contributed by atoms with Crippen LogP contribution in [0, 0.1) is 17.6 Å². The fraction of sp³-hybridized carbons (Fsp3) is 0.429. The van der Waals surface area contributed by atoms with Gasteiger partial charge in [0.15, 0.2) is 5.82 Å². The van der Waals surface area contributed by atoms with Crippen molar-refractivity contribution >= 4 is 16.9 Å². The maximum atomic E-state index is 14.2. The van der Waals surface area contributed by atoms with E-state index in [-0.39, 0.29) is 0 Å². The summed E-state index contributed by atoms with van der Waals surface area (Å²) in [5.74, 6) is 0.548. The predicted octanol–water partition coefficient (Wildman–Crippen LogP) is 5.27. The Kier molecular flexibility index (Phi) is 7.15. The van der Waals surface area contributed by atoms with Crippen molar-refractivity contribution in [1.29, 1.82) is 0 Å². The van der Waals surface area contributed by atoms with E-state index in [2.05, 4.69) is 41.7 Å². The second-order valence-corrected chi connectivity index (χ2v) is 10.1. The summed E-state index contributed by atoms with van der Waals surface area (Å²) in [4.78, 5) is 19.2. The molecule has 5 rings (SSSR count). The van der Waals surface area contributed by atoms with Crippen molar-refractivity contribution in [2.75, 3.05) is 31.1 Å². The fourth-order valence-corrected chi connectivity index (χ4v) is 4.64. The second-order valence-electron chi connectivity index (χ2n) is 10.1. The summed E-state index contributed by atoms with van der Waals surface area (Å²) in [5.41, 5.74) is 4.81. The lowest BCUT2D eigenvalue weighted by Crippen LogP contribution is -2.46. The zero-order chi connectivity index (χ0) is 26.1. The van der Waals surface area contributed by atoms with Gasteiger partial charge in [0.25, 0.3) is 0 Å². The Morgan fingerprint density at radius 1 is 0.946 bits per heavy atom. The number of hydrogen-bond acceptors (Lipinski definition) is 6. The highest BCUT2D eigenvalue weighted by Crippen LogP contribution is 2.32. The highest BCUT2D eigenvalue weighted by Gasteiger charge is 2.24. The molecule has 4 aromatic rings. The third-order valence-electron chi connectivity index (χ3n) is 7.33. The van der Waals surface area contributed by atoms with E-state index < -0.39 is 11.6 Å². The number of pyridine rings is 1. The number of hydrogen-bond donors (Lipinski definition) is 0. The molecule has 0 aliphatic carbocycles. The van der Waals surface area contributed by atoms with E-state index in [0.29, 0.717) is 23.9 Å². The lowest BCUT2D eigenvalue weighted by Gasteiger charge is -2.36. The minimum Gasteiger partial charge on any atom is -0.352 e. The predicted molar refractivity (Wildman–Crippen MR) is 141 cm³/mol. The molecule has 3 aromatic heterocycles. The first kappa shape index (κ1) is 25.2. The van der Waals surface area contributed by atoms with Crippen LogP contribution < -0.4 is 4.90 Å². The Morgan fingerprint density at radius 2 is 1.73 bits per heavy atom. The molecule has 0 saturated carbocycles. The highest BCUT2D eigenvalue weighted by molar-refractivity contribution is 5.83. The van der Waals surface area contributed by atoms with Gasteiger partial charge < -0.3 is 4.90 Å². The van der Waals surface area contributed by atoms with Crippen molar-refractivity contribution in [3.63, 3.8) is 0 Å². The summed E-state index contributed by atoms with van der Waals surface area (Å²) in [6, 6.07) is 5.84. The first-order valence-corrected chi connectivity index (χ1v) is 12.9. The topological polar surface area (TPSA) is 63.0 Å². The number of rotatable bonds is 7. The number of fused-ring (bicyclic) bond motifs is 1. The molecule has 194 valence electrons. The van der Waals surface area contributed by atoms with Gasteiger partial charge in [-0.1, -0.05) is 26.8 Å². The molecule has 0 bridgehead atoms. The van der Waals surface area contributed by atoms with Gasteiger partial charge in [0.1, 0.15) is 22.8 Å². The number of halogens is 2. The van der Waals surface area contributed by atoms with Gasteiger partial charge in [0.2, 0.25) is 0 Å². The Bertz CT molecular complexity index is 1390. The summed E-state index contributed by atoms with van der Waals surface area (Å²) < 4.78 is 29.4. The molecule has 1 atom stereocenters. The van der Waals surface area contributed by atoms with Crippen LogP contribution in [0.2, 0.25) is 0 Å². The Hall–Kier alpha value is -3.46. The van der Waals surface area contributed by atoms with Crippen molar-refractivity contribution < 1.29 is 8.78 Å². The SMILES string of the molecule is CCn1cc(-c2nc3cnc(C(C)C(C)C)cc3nc2N2CCN(Cc3ccc(F)cc3F)CC2)cn1. The van der Waals surface area contributed by atoms with Crippen molar-refractivity contribution in [2.24, 2.45) is 5.92 Å². The average molecular weight is 506 g/mol. The van der Waals surface area contributed by atoms with Crippen molar-refractivity contribution in [3.8, 4) is 11.3 Å². The molecule has 1 aliphatic rings. The van der Waals surface area contributed by atoms with Crippen LogP contribution in [-0.2, 0) is 13.1 Å². The molecule has 1 aliphatic heterocycles. The molecule has 0 amide bonds. The first-order valence-electron chi connectivity index (χ1n) is 12.9. The fourth-order valence-electron chi connectivity index (χ4n) is 4.64. The van der Waals surface area contributed by atoms with Crippen LogP contribution in [0.15, 0.2) is 42.9 Å². The van der Waals surface area contributed by atoms with Gasteiger partial charge in [0, 0.05) is 74.3 Å². The van der Waals surface area contributed by atoms with E-state index >= 15 is 0 Å². The van der Waals surface area contributed by atoms with Gasteiger partial charge in [-0.25, -0.2) is 18.7 Å². The minimum atomic E-state index is -0.555. The maximum Gasteiger partial charge on any atom is 0.156 e. The van der Waals surface area contributed by atoms with Crippen LogP contribution in [0.4, 0.5) is 14.6 Å². The minimum absolute atomic E-state index is 0.313. The van der Waals surface area contributed by atoms with Crippen LogP contribution in [0.3, 0.4) is 0 Å². The van der Waals surface area contributed by atoms with Crippen LogP contribution in [0.5, 0.6) is 0 Å². The molecule has 4 heterocycles. The van der Waals surface area contributed by atoms with E-state index in [0.717, 1.165) is 72.6 Å². The van der Waals surface area contributed by atoms with Crippen molar-refractivity contribution in [1.82, 2.24) is 29.6 Å². The summed E-state index contributed by atoms with van der Waals surface area (Å²) in [6.07, 6.45) is 5.65. The third kappa shape index (κ3) is 5.32. The summed E-state index contributed by atoms with van der Waals surface area (Å²) in [6.45, 7) is 12.7. The molecular weight excluding hydrogens is 472 g/mol. The van der Waals surface area contributed by atoms with Crippen molar-refractivity contribution in [3.05, 3.63) is 65.7 Å². The van der Waals surface area contributed by atoms with E-state index in [1.165, 1.54) is 12.1 Å². The number of aryl methyl sites for hydroxylation is 1. The van der Waals surface area contributed by atoms with Gasteiger partial charge in [-0.15, -0.1) is 0 Å². The van der Waals surface area contributed by atoms with Gasteiger partial charge >= 0.3 is 0 Å². The molecular formula is C28H33F2N7. The van der Waals surface area contributed by atoms with Gasteiger partial charge in [-0.3, -0.25) is 14.6 Å². The quantitative estimate of drug-likeness (QED) is 0.341. The molecule has 37 heavy (non-hydrogen) atoms. The van der Waals surface area contributed by atoms with Crippen LogP contribution in [-0.4, -0.2) is 55.8 Å². The lowest BCUT2D eigenvalue weighted by atomic mass is 9.94. The summed E-state index contributed by atoms with van der Waals surface area (Å²) in [7, 11) is 0. The summed E-state index contributed by atoms with van der Waals surface area (Å²) in [5, 5.41) is 4.45. The molecule has 1 unspecified atom stereocenters. The summed E-state index contributed by atoms with van der Waals surface area (Å²) >= 11 is 0. The van der Waals surface area contributed by atoms with Gasteiger partial charge in [-0.2, -0.15) is 5.10 Å². The zero-order valence-electron chi connectivity index (χ0n) is 21.8. The van der Waals surface area contributed by atoms with Crippen molar-refractivity contribution in [2.45, 2.75) is 46.7 Å². The number of aromatic nitrogens is 5. The Balaban J connectivity index is 1.45. The number of nitrogens with zero attached hydrogens (tertiary/aromatic N) is 7. The number of anilines is 1. The standard InChI is InChI=1S/C28H33F2N7/c1-5-37-17-21(14-32-37)27-28(34-25-13-24(19(4)18(2)3)31-15-26(25)33-27)36-10-8-35(9-11-36)16-20-6-7-22(29)12-23(20)30/h6-7,12-15,17-19H,5,8-11,16H2,1-4H3. The molecule has 7 nitrogen and oxygen atoms in total. The van der Waals surface area contributed by atoms with Crippen LogP contribution in [0.1, 0.15) is 44.9 Å². The molecule has 0 spiro atoms.